The third kappa shape index (κ3) is 2.11. The molecule has 0 saturated carbocycles. The number of rotatable bonds is 1. The van der Waals surface area contributed by atoms with Crippen LogP contribution in [0.2, 0.25) is 10.0 Å². The molecule has 0 amide bonds. The van der Waals surface area contributed by atoms with E-state index in [1.165, 1.54) is 0 Å². The van der Waals surface area contributed by atoms with Crippen LogP contribution >= 0.6 is 23.2 Å². The summed E-state index contributed by atoms with van der Waals surface area (Å²) in [5.41, 5.74) is 0.640. The van der Waals surface area contributed by atoms with Gasteiger partial charge in [-0.3, -0.25) is 0 Å². The summed E-state index contributed by atoms with van der Waals surface area (Å²) in [5.74, 6) is 0.898. The van der Waals surface area contributed by atoms with Gasteiger partial charge in [0.1, 0.15) is 5.69 Å². The minimum atomic E-state index is 0.578. The second kappa shape index (κ2) is 4.52. The van der Waals surface area contributed by atoms with E-state index in [4.69, 9.17) is 23.2 Å². The van der Waals surface area contributed by atoms with Crippen LogP contribution in [0.5, 0.6) is 0 Å². The molecule has 1 saturated heterocycles. The first-order valence-corrected chi connectivity index (χ1v) is 5.80. The van der Waals surface area contributed by atoms with E-state index in [0.717, 1.165) is 19.0 Å². The van der Waals surface area contributed by atoms with Gasteiger partial charge in [-0.1, -0.05) is 29.3 Å². The van der Waals surface area contributed by atoms with Crippen LogP contribution in [-0.2, 0) is 0 Å². The predicted molar refractivity (Wildman–Crippen MR) is 68.8 cm³/mol. The van der Waals surface area contributed by atoms with Gasteiger partial charge in [0.25, 0.3) is 0 Å². The van der Waals surface area contributed by atoms with E-state index in [9.17, 15) is 0 Å². The Morgan fingerprint density at radius 1 is 1.06 bits per heavy atom. The maximum atomic E-state index is 6.07. The van der Waals surface area contributed by atoms with Gasteiger partial charge in [0, 0.05) is 27.2 Å². The van der Waals surface area contributed by atoms with Gasteiger partial charge in [0.05, 0.1) is 10.0 Å². The SMILES string of the molecule is CN1CCN(C)C1=Nc1c(Cl)cccc1Cl. The van der Waals surface area contributed by atoms with Crippen LogP contribution in [0.1, 0.15) is 0 Å². The number of likely N-dealkylation sites (N-methyl/N-ethyl adjacent to an activating group) is 2. The van der Waals surface area contributed by atoms with Crippen molar-refractivity contribution in [2.75, 3.05) is 27.2 Å². The van der Waals surface area contributed by atoms with Crippen molar-refractivity contribution < 1.29 is 0 Å². The molecule has 0 N–H and O–H groups in total. The Labute approximate surface area is 105 Å². The standard InChI is InChI=1S/C11H13Cl2N3/c1-15-6-7-16(2)11(15)14-10-8(12)4-3-5-9(10)13/h3-5H,6-7H2,1-2H3. The molecule has 0 spiro atoms. The van der Waals surface area contributed by atoms with Crippen molar-refractivity contribution in [1.29, 1.82) is 0 Å². The van der Waals surface area contributed by atoms with Gasteiger partial charge in [-0.15, -0.1) is 0 Å². The largest absolute Gasteiger partial charge is 0.344 e. The second-order valence-electron chi connectivity index (χ2n) is 3.83. The Morgan fingerprint density at radius 2 is 1.56 bits per heavy atom. The van der Waals surface area contributed by atoms with E-state index >= 15 is 0 Å². The average molecular weight is 258 g/mol. The molecule has 0 unspecified atom stereocenters. The molecular weight excluding hydrogens is 245 g/mol. The Balaban J connectivity index is 2.42. The van der Waals surface area contributed by atoms with Crippen LogP contribution in [0.15, 0.2) is 23.2 Å². The Hall–Kier alpha value is -0.930. The summed E-state index contributed by atoms with van der Waals surface area (Å²) >= 11 is 12.1. The predicted octanol–water partition coefficient (Wildman–Crippen LogP) is 2.86. The highest BCUT2D eigenvalue weighted by Crippen LogP contribution is 2.33. The number of hydrogen-bond acceptors (Lipinski definition) is 1. The minimum Gasteiger partial charge on any atom is -0.344 e. The number of para-hydroxylation sites is 1. The van der Waals surface area contributed by atoms with Crippen molar-refractivity contribution in [2.45, 2.75) is 0 Å². The van der Waals surface area contributed by atoms with Crippen LogP contribution in [0, 0.1) is 0 Å². The molecule has 2 rings (SSSR count). The fourth-order valence-electron chi connectivity index (χ4n) is 1.66. The van der Waals surface area contributed by atoms with Gasteiger partial charge in [-0.2, -0.15) is 0 Å². The molecule has 1 fully saturated rings. The zero-order chi connectivity index (χ0) is 11.7. The van der Waals surface area contributed by atoms with Crippen molar-refractivity contribution in [3.8, 4) is 0 Å². The summed E-state index contributed by atoms with van der Waals surface area (Å²) in [6, 6.07) is 5.40. The first-order chi connectivity index (χ1) is 7.59. The molecule has 1 aliphatic rings. The van der Waals surface area contributed by atoms with Gasteiger partial charge in [0.15, 0.2) is 0 Å². The highest BCUT2D eigenvalue weighted by Gasteiger charge is 2.20. The number of aliphatic imine (C=N–C) groups is 1. The molecule has 5 heteroatoms. The van der Waals surface area contributed by atoms with Gasteiger partial charge in [-0.25, -0.2) is 4.99 Å². The molecule has 0 atom stereocenters. The summed E-state index contributed by atoms with van der Waals surface area (Å²) < 4.78 is 0. The molecule has 86 valence electrons. The molecule has 0 radical (unpaired) electrons. The van der Waals surface area contributed by atoms with Crippen LogP contribution in [0.3, 0.4) is 0 Å². The van der Waals surface area contributed by atoms with E-state index < -0.39 is 0 Å². The van der Waals surface area contributed by atoms with E-state index in [0.29, 0.717) is 15.7 Å². The van der Waals surface area contributed by atoms with Crippen molar-refractivity contribution >= 4 is 34.8 Å². The molecule has 0 bridgehead atoms. The summed E-state index contributed by atoms with van der Waals surface area (Å²) in [7, 11) is 4.01. The number of benzene rings is 1. The molecular formula is C11H13Cl2N3. The maximum absolute atomic E-state index is 6.07. The van der Waals surface area contributed by atoms with Gasteiger partial charge in [-0.05, 0) is 12.1 Å². The zero-order valence-electron chi connectivity index (χ0n) is 9.24. The zero-order valence-corrected chi connectivity index (χ0v) is 10.8. The lowest BCUT2D eigenvalue weighted by atomic mass is 10.3. The van der Waals surface area contributed by atoms with Gasteiger partial charge < -0.3 is 9.80 Å². The molecule has 1 aromatic carbocycles. The second-order valence-corrected chi connectivity index (χ2v) is 4.64. The Kier molecular flexibility index (Phi) is 3.26. The summed E-state index contributed by atoms with van der Waals surface area (Å²) in [6.07, 6.45) is 0. The van der Waals surface area contributed by atoms with Crippen LogP contribution in [0.25, 0.3) is 0 Å². The quantitative estimate of drug-likeness (QED) is 0.771. The molecule has 3 nitrogen and oxygen atoms in total. The van der Waals surface area contributed by atoms with E-state index in [1.807, 2.05) is 20.2 Å². The number of nitrogens with zero attached hydrogens (tertiary/aromatic N) is 3. The van der Waals surface area contributed by atoms with Crippen molar-refractivity contribution in [1.82, 2.24) is 9.80 Å². The first-order valence-electron chi connectivity index (χ1n) is 5.04. The highest BCUT2D eigenvalue weighted by molar-refractivity contribution is 6.38. The average Bonchev–Trinajstić information content (AvgIpc) is 2.54. The van der Waals surface area contributed by atoms with Gasteiger partial charge >= 0.3 is 0 Å². The molecule has 1 aromatic rings. The number of hydrogen-bond donors (Lipinski definition) is 0. The summed E-state index contributed by atoms with van der Waals surface area (Å²) in [5, 5.41) is 1.16. The molecule has 0 aromatic heterocycles. The molecule has 1 heterocycles. The third-order valence-corrected chi connectivity index (χ3v) is 3.21. The lowest BCUT2D eigenvalue weighted by Crippen LogP contribution is -2.27. The normalized spacial score (nSPS) is 15.9. The van der Waals surface area contributed by atoms with Crippen molar-refractivity contribution in [3.05, 3.63) is 28.2 Å². The first kappa shape index (κ1) is 11.6. The van der Waals surface area contributed by atoms with E-state index in [1.54, 1.807) is 12.1 Å². The minimum absolute atomic E-state index is 0.578. The van der Waals surface area contributed by atoms with E-state index in [-0.39, 0.29) is 0 Å². The monoisotopic (exact) mass is 257 g/mol. The Morgan fingerprint density at radius 3 is 2.06 bits per heavy atom. The lowest BCUT2D eigenvalue weighted by Gasteiger charge is -2.16. The van der Waals surface area contributed by atoms with Crippen LogP contribution in [0.4, 0.5) is 5.69 Å². The summed E-state index contributed by atoms with van der Waals surface area (Å²) in [4.78, 5) is 8.69. The number of halogens is 2. The van der Waals surface area contributed by atoms with Crippen LogP contribution < -0.4 is 0 Å². The third-order valence-electron chi connectivity index (χ3n) is 2.60. The Bertz CT molecular complexity index is 399. The van der Waals surface area contributed by atoms with Crippen molar-refractivity contribution in [3.63, 3.8) is 0 Å². The lowest BCUT2D eigenvalue weighted by molar-refractivity contribution is 0.553. The number of guanidine groups is 1. The summed E-state index contributed by atoms with van der Waals surface area (Å²) in [6.45, 7) is 1.94. The van der Waals surface area contributed by atoms with Crippen molar-refractivity contribution in [2.24, 2.45) is 4.99 Å². The topological polar surface area (TPSA) is 18.8 Å². The fourth-order valence-corrected chi connectivity index (χ4v) is 2.14. The van der Waals surface area contributed by atoms with E-state index in [2.05, 4.69) is 14.8 Å². The molecule has 16 heavy (non-hydrogen) atoms. The highest BCUT2D eigenvalue weighted by atomic mass is 35.5. The molecule has 0 aliphatic carbocycles. The maximum Gasteiger partial charge on any atom is 0.201 e. The van der Waals surface area contributed by atoms with Gasteiger partial charge in [0.2, 0.25) is 5.96 Å². The smallest absolute Gasteiger partial charge is 0.201 e. The molecule has 1 aliphatic heterocycles. The van der Waals surface area contributed by atoms with Crippen LogP contribution in [-0.4, -0.2) is 42.9 Å². The fraction of sp³-hybridized carbons (Fsp3) is 0.364.